The van der Waals surface area contributed by atoms with Crippen LogP contribution in [0.15, 0.2) is 23.7 Å². The molecule has 100 valence electrons. The van der Waals surface area contributed by atoms with E-state index in [0.29, 0.717) is 20.9 Å². The fourth-order valence-electron chi connectivity index (χ4n) is 1.25. The number of carbonyl (C=O) groups excluding carboxylic acids is 1. The number of ether oxygens (including phenoxy) is 1. The van der Waals surface area contributed by atoms with Gasteiger partial charge in [0.1, 0.15) is 11.3 Å². The maximum absolute atomic E-state index is 11.8. The maximum Gasteiger partial charge on any atom is 0.266 e. The number of amides is 1. The van der Waals surface area contributed by atoms with E-state index < -0.39 is 6.10 Å². The predicted octanol–water partition coefficient (Wildman–Crippen LogP) is 3.25. The summed E-state index contributed by atoms with van der Waals surface area (Å²) in [6, 6.07) is 4.80. The normalized spacial score (nSPS) is 11.9. The lowest BCUT2D eigenvalue weighted by Gasteiger charge is -2.14. The molecule has 19 heavy (non-hydrogen) atoms. The minimum Gasteiger partial charge on any atom is -0.479 e. The summed E-state index contributed by atoms with van der Waals surface area (Å²) < 4.78 is 5.46. The van der Waals surface area contributed by atoms with Gasteiger partial charge in [0.15, 0.2) is 6.10 Å². The van der Waals surface area contributed by atoms with E-state index in [0.717, 1.165) is 0 Å². The molecule has 0 saturated carbocycles. The van der Waals surface area contributed by atoms with Crippen LogP contribution in [0, 0.1) is 0 Å². The van der Waals surface area contributed by atoms with E-state index >= 15 is 0 Å². The van der Waals surface area contributed by atoms with Gasteiger partial charge in [-0.2, -0.15) is 0 Å². The van der Waals surface area contributed by atoms with Crippen LogP contribution < -0.4 is 10.1 Å². The van der Waals surface area contributed by atoms with Gasteiger partial charge < -0.3 is 4.74 Å². The van der Waals surface area contributed by atoms with Crippen LogP contribution in [0.2, 0.25) is 10.0 Å². The highest BCUT2D eigenvalue weighted by atomic mass is 35.5. The number of benzene rings is 1. The topological polar surface area (TPSA) is 64.1 Å². The number of nitrogens with zero attached hydrogens (tertiary/aromatic N) is 2. The van der Waals surface area contributed by atoms with Gasteiger partial charge in [-0.3, -0.25) is 10.1 Å². The zero-order chi connectivity index (χ0) is 13.8. The lowest BCUT2D eigenvalue weighted by molar-refractivity contribution is -0.122. The first-order valence-corrected chi connectivity index (χ1v) is 6.88. The van der Waals surface area contributed by atoms with Gasteiger partial charge in [0.05, 0.1) is 5.02 Å². The Hall–Kier alpha value is -1.37. The Labute approximate surface area is 123 Å². The Bertz CT molecular complexity index is 577. The summed E-state index contributed by atoms with van der Waals surface area (Å²) in [4.78, 5) is 11.8. The number of hydrogen-bond acceptors (Lipinski definition) is 5. The Balaban J connectivity index is 2.00. The standard InChI is InChI=1S/C11H9Cl2N3O2S/c1-6(10(17)15-11-16-14-5-19-11)18-9-3-2-7(12)4-8(9)13/h2-6H,1H3,(H,15,16,17)/t6-/m0/s1. The summed E-state index contributed by atoms with van der Waals surface area (Å²) in [6.07, 6.45) is -0.720. The number of nitrogens with one attached hydrogen (secondary N) is 1. The number of anilines is 1. The summed E-state index contributed by atoms with van der Waals surface area (Å²) in [6.45, 7) is 1.61. The largest absolute Gasteiger partial charge is 0.479 e. The summed E-state index contributed by atoms with van der Waals surface area (Å²) in [5.74, 6) is 0.0637. The van der Waals surface area contributed by atoms with Crippen molar-refractivity contribution in [3.63, 3.8) is 0 Å². The van der Waals surface area contributed by atoms with Crippen LogP contribution in [-0.4, -0.2) is 22.2 Å². The van der Waals surface area contributed by atoms with Crippen LogP contribution in [0.5, 0.6) is 5.75 Å². The van der Waals surface area contributed by atoms with Gasteiger partial charge in [-0.05, 0) is 25.1 Å². The van der Waals surface area contributed by atoms with Crippen LogP contribution in [0.25, 0.3) is 0 Å². The Morgan fingerprint density at radius 3 is 2.89 bits per heavy atom. The summed E-state index contributed by atoms with van der Waals surface area (Å²) in [7, 11) is 0. The van der Waals surface area contributed by atoms with Crippen molar-refractivity contribution >= 4 is 45.6 Å². The van der Waals surface area contributed by atoms with E-state index in [-0.39, 0.29) is 5.91 Å². The van der Waals surface area contributed by atoms with E-state index in [4.69, 9.17) is 27.9 Å². The molecule has 0 spiro atoms. The monoisotopic (exact) mass is 317 g/mol. The summed E-state index contributed by atoms with van der Waals surface area (Å²) in [5, 5.41) is 11.2. The Morgan fingerprint density at radius 1 is 1.47 bits per heavy atom. The molecule has 5 nitrogen and oxygen atoms in total. The zero-order valence-corrected chi connectivity index (χ0v) is 12.1. The Kier molecular flexibility index (Phi) is 4.57. The van der Waals surface area contributed by atoms with Crippen LogP contribution in [0.1, 0.15) is 6.92 Å². The minimum atomic E-state index is -0.720. The molecular weight excluding hydrogens is 309 g/mol. The maximum atomic E-state index is 11.8. The second-order valence-corrected chi connectivity index (χ2v) is 5.24. The molecule has 1 aromatic carbocycles. The van der Waals surface area contributed by atoms with Gasteiger partial charge in [0.25, 0.3) is 5.91 Å². The number of carbonyl (C=O) groups is 1. The average Bonchev–Trinajstić information content (AvgIpc) is 2.85. The number of halogens is 2. The van der Waals surface area contributed by atoms with E-state index in [9.17, 15) is 4.79 Å². The molecule has 2 aromatic rings. The number of rotatable bonds is 4. The third-order valence-corrected chi connectivity index (χ3v) is 3.29. The summed E-state index contributed by atoms with van der Waals surface area (Å²) >= 11 is 13.0. The van der Waals surface area contributed by atoms with Crippen molar-refractivity contribution in [2.75, 3.05) is 5.32 Å². The molecular formula is C11H9Cl2N3O2S. The number of aromatic nitrogens is 2. The highest BCUT2D eigenvalue weighted by Crippen LogP contribution is 2.28. The molecule has 1 heterocycles. The molecule has 0 unspecified atom stereocenters. The second-order valence-electron chi connectivity index (χ2n) is 3.57. The van der Waals surface area contributed by atoms with Crippen molar-refractivity contribution < 1.29 is 9.53 Å². The minimum absolute atomic E-state index is 0.331. The highest BCUT2D eigenvalue weighted by molar-refractivity contribution is 7.13. The molecule has 1 atom stereocenters. The van der Waals surface area contributed by atoms with Crippen molar-refractivity contribution in [1.29, 1.82) is 0 Å². The van der Waals surface area contributed by atoms with Crippen molar-refractivity contribution in [3.8, 4) is 5.75 Å². The van der Waals surface area contributed by atoms with Gasteiger partial charge >= 0.3 is 0 Å². The number of hydrogen-bond donors (Lipinski definition) is 1. The third-order valence-electron chi connectivity index (χ3n) is 2.16. The average molecular weight is 318 g/mol. The van der Waals surface area contributed by atoms with Crippen molar-refractivity contribution in [2.45, 2.75) is 13.0 Å². The predicted molar refractivity (Wildman–Crippen MR) is 75.1 cm³/mol. The molecule has 0 fully saturated rings. The lowest BCUT2D eigenvalue weighted by Crippen LogP contribution is -2.30. The molecule has 8 heteroatoms. The van der Waals surface area contributed by atoms with Crippen LogP contribution in [-0.2, 0) is 4.79 Å². The van der Waals surface area contributed by atoms with E-state index in [1.54, 1.807) is 25.1 Å². The highest BCUT2D eigenvalue weighted by Gasteiger charge is 2.17. The molecule has 1 aromatic heterocycles. The molecule has 2 rings (SSSR count). The quantitative estimate of drug-likeness (QED) is 0.940. The van der Waals surface area contributed by atoms with Gasteiger partial charge in [-0.15, -0.1) is 10.2 Å². The molecule has 0 aliphatic heterocycles. The van der Waals surface area contributed by atoms with Crippen molar-refractivity contribution in [1.82, 2.24) is 10.2 Å². The molecule has 0 bridgehead atoms. The SMILES string of the molecule is C[C@H](Oc1ccc(Cl)cc1Cl)C(=O)Nc1nncs1. The smallest absolute Gasteiger partial charge is 0.266 e. The lowest BCUT2D eigenvalue weighted by atomic mass is 10.3. The molecule has 0 saturated heterocycles. The van der Waals surface area contributed by atoms with Crippen LogP contribution in [0.3, 0.4) is 0 Å². The van der Waals surface area contributed by atoms with Gasteiger partial charge in [-0.25, -0.2) is 0 Å². The zero-order valence-electron chi connectivity index (χ0n) is 9.76. The van der Waals surface area contributed by atoms with E-state index in [1.807, 2.05) is 0 Å². The van der Waals surface area contributed by atoms with Gasteiger partial charge in [0, 0.05) is 5.02 Å². The van der Waals surface area contributed by atoms with Gasteiger partial charge in [-0.1, -0.05) is 34.5 Å². The molecule has 1 N–H and O–H groups in total. The molecule has 1 amide bonds. The molecule has 0 aliphatic carbocycles. The van der Waals surface area contributed by atoms with Crippen LogP contribution in [0.4, 0.5) is 5.13 Å². The van der Waals surface area contributed by atoms with Crippen molar-refractivity contribution in [2.24, 2.45) is 0 Å². The summed E-state index contributed by atoms with van der Waals surface area (Å²) in [5.41, 5.74) is 1.53. The fraction of sp³-hybridized carbons (Fsp3) is 0.182. The first kappa shape index (κ1) is 14.0. The third kappa shape index (κ3) is 3.79. The van der Waals surface area contributed by atoms with E-state index in [1.165, 1.54) is 16.8 Å². The second kappa shape index (κ2) is 6.18. The van der Waals surface area contributed by atoms with Gasteiger partial charge in [0.2, 0.25) is 5.13 Å². The van der Waals surface area contributed by atoms with Crippen LogP contribution >= 0.6 is 34.5 Å². The first-order valence-electron chi connectivity index (χ1n) is 5.25. The van der Waals surface area contributed by atoms with Crippen molar-refractivity contribution in [3.05, 3.63) is 33.8 Å². The van der Waals surface area contributed by atoms with E-state index in [2.05, 4.69) is 15.5 Å². The molecule has 0 radical (unpaired) electrons. The first-order chi connectivity index (χ1) is 9.06. The molecule has 0 aliphatic rings. The fourth-order valence-corrected chi connectivity index (χ4v) is 2.15. The Morgan fingerprint density at radius 2 is 2.26 bits per heavy atom.